The molecule has 12 nitrogen and oxygen atoms in total. The fourth-order valence-corrected chi connectivity index (χ4v) is 5.12. The Morgan fingerprint density at radius 3 is 2.60 bits per heavy atom. The minimum Gasteiger partial charge on any atom is -0.462 e. The first-order valence-electron chi connectivity index (χ1n) is 11.1. The van der Waals surface area contributed by atoms with Gasteiger partial charge in [0.25, 0.3) is 0 Å². The van der Waals surface area contributed by atoms with E-state index >= 15 is 0 Å². The van der Waals surface area contributed by atoms with Crippen LogP contribution in [-0.2, 0) is 25.3 Å². The van der Waals surface area contributed by atoms with Crippen LogP contribution >= 0.6 is 7.52 Å². The summed E-state index contributed by atoms with van der Waals surface area (Å²) in [6.45, 7) is 8.58. The molecule has 4 N–H and O–H groups in total. The van der Waals surface area contributed by atoms with Crippen molar-refractivity contribution in [3.63, 3.8) is 0 Å². The Hall–Kier alpha value is -3.21. The number of nitrogens with zero attached hydrogens (tertiary/aromatic N) is 3. The highest BCUT2D eigenvalue weighted by Gasteiger charge is 2.34. The number of hydrogen-bond acceptors (Lipinski definition) is 9. The number of carbonyl (C=O) groups is 1. The summed E-state index contributed by atoms with van der Waals surface area (Å²) in [5.41, 5.74) is 5.20. The predicted octanol–water partition coefficient (Wildman–Crippen LogP) is 2.50. The lowest BCUT2D eigenvalue weighted by atomic mass is 10.0. The van der Waals surface area contributed by atoms with Crippen molar-refractivity contribution in [3.8, 4) is 5.75 Å². The van der Waals surface area contributed by atoms with Crippen molar-refractivity contribution in [2.45, 2.75) is 58.8 Å². The van der Waals surface area contributed by atoms with Gasteiger partial charge in [0.1, 0.15) is 18.1 Å². The molecule has 0 saturated heterocycles. The molecule has 0 spiro atoms. The number of aromatic amines is 1. The first-order chi connectivity index (χ1) is 16.4. The number of ether oxygens (including phenoxy) is 2. The fourth-order valence-electron chi connectivity index (χ4n) is 3.27. The largest absolute Gasteiger partial charge is 0.462 e. The van der Waals surface area contributed by atoms with Crippen molar-refractivity contribution in [1.82, 2.24) is 24.7 Å². The molecule has 0 aliphatic heterocycles. The normalized spacial score (nSPS) is 14.6. The predicted molar refractivity (Wildman–Crippen MR) is 130 cm³/mol. The Morgan fingerprint density at radius 1 is 1.26 bits per heavy atom. The van der Waals surface area contributed by atoms with Gasteiger partial charge in [-0.1, -0.05) is 18.2 Å². The van der Waals surface area contributed by atoms with E-state index in [4.69, 9.17) is 19.7 Å². The number of aromatic nitrogens is 4. The van der Waals surface area contributed by atoms with E-state index in [0.717, 1.165) is 4.52 Å². The molecule has 3 aromatic rings. The molecule has 0 amide bonds. The highest BCUT2D eigenvalue weighted by Crippen LogP contribution is 2.45. The van der Waals surface area contributed by atoms with E-state index in [1.165, 1.54) is 6.20 Å². The number of para-hydroxylation sites is 1. The second-order valence-electron chi connectivity index (χ2n) is 8.96. The Bertz CT molecular complexity index is 1270. The lowest BCUT2D eigenvalue weighted by molar-refractivity contribution is -0.149. The van der Waals surface area contributed by atoms with Crippen molar-refractivity contribution in [1.29, 1.82) is 0 Å². The van der Waals surface area contributed by atoms with Crippen LogP contribution < -0.4 is 21.0 Å². The van der Waals surface area contributed by atoms with E-state index in [2.05, 4.69) is 20.2 Å². The molecule has 2 atom stereocenters. The third-order valence-corrected chi connectivity index (χ3v) is 6.56. The molecule has 0 bridgehead atoms. The molecular formula is C22H31N6O6P. The maximum Gasteiger partial charge on any atom is 0.350 e. The number of H-pyrrole nitrogens is 1. The number of hydrogen-bond donors (Lipinski definition) is 3. The molecule has 2 aromatic heterocycles. The minimum atomic E-state index is -3.73. The van der Waals surface area contributed by atoms with Crippen molar-refractivity contribution in [2.75, 3.05) is 12.1 Å². The van der Waals surface area contributed by atoms with Crippen LogP contribution in [0, 0.1) is 0 Å². The van der Waals surface area contributed by atoms with Gasteiger partial charge in [0.15, 0.2) is 5.65 Å². The van der Waals surface area contributed by atoms with Gasteiger partial charge in [-0.25, -0.2) is 9.88 Å². The second kappa shape index (κ2) is 10.6. The number of benzene rings is 1. The number of esters is 1. The Balaban J connectivity index is 1.78. The molecule has 35 heavy (non-hydrogen) atoms. The van der Waals surface area contributed by atoms with Crippen molar-refractivity contribution >= 4 is 25.1 Å². The average molecular weight is 507 g/mol. The fraction of sp³-hybridized carbons (Fsp3) is 0.455. The first kappa shape index (κ1) is 26.4. The topological polar surface area (TPSA) is 163 Å². The van der Waals surface area contributed by atoms with E-state index in [-0.39, 0.29) is 24.8 Å². The number of nitrogen functional groups attached to an aromatic ring is 1. The zero-order chi connectivity index (χ0) is 25.8. The molecule has 1 unspecified atom stereocenters. The summed E-state index contributed by atoms with van der Waals surface area (Å²) in [6, 6.07) is 7.69. The van der Waals surface area contributed by atoms with Gasteiger partial charge in [-0.3, -0.25) is 14.3 Å². The van der Waals surface area contributed by atoms with Crippen molar-refractivity contribution in [2.24, 2.45) is 0 Å². The van der Waals surface area contributed by atoms with Crippen LogP contribution in [0.4, 0.5) is 5.95 Å². The molecule has 0 aliphatic carbocycles. The van der Waals surface area contributed by atoms with Gasteiger partial charge in [-0.15, -0.1) is 0 Å². The zero-order valence-corrected chi connectivity index (χ0v) is 21.2. The summed E-state index contributed by atoms with van der Waals surface area (Å²) in [7, 11) is -3.73. The van der Waals surface area contributed by atoms with Crippen molar-refractivity contribution < 1.29 is 23.4 Å². The number of nitrogens with one attached hydrogen (secondary N) is 2. The van der Waals surface area contributed by atoms with E-state index in [0.29, 0.717) is 17.0 Å². The monoisotopic (exact) mass is 506 g/mol. The molecule has 190 valence electrons. The van der Waals surface area contributed by atoms with E-state index < -0.39 is 30.8 Å². The summed E-state index contributed by atoms with van der Waals surface area (Å²) in [5.74, 6) is -0.234. The lowest BCUT2D eigenvalue weighted by Crippen LogP contribution is -2.38. The zero-order valence-electron chi connectivity index (χ0n) is 20.3. The molecule has 13 heteroatoms. The van der Waals surface area contributed by atoms with Gasteiger partial charge in [-0.2, -0.15) is 14.6 Å². The molecule has 0 saturated carbocycles. The molecule has 0 fully saturated rings. The quantitative estimate of drug-likeness (QED) is 0.260. The van der Waals surface area contributed by atoms with E-state index in [1.54, 1.807) is 65.0 Å². The minimum absolute atomic E-state index is 0.0322. The van der Waals surface area contributed by atoms with Gasteiger partial charge in [0.2, 0.25) is 5.95 Å². The number of rotatable bonds is 11. The summed E-state index contributed by atoms with van der Waals surface area (Å²) in [6.07, 6.45) is 1.12. The third kappa shape index (κ3) is 7.14. The molecular weight excluding hydrogens is 475 g/mol. The average Bonchev–Trinajstić information content (AvgIpc) is 3.15. The maximum absolute atomic E-state index is 13.8. The summed E-state index contributed by atoms with van der Waals surface area (Å²) >= 11 is 0. The maximum atomic E-state index is 13.8. The number of carbonyl (C=O) groups excluding carboxylic acids is 1. The molecule has 1 aromatic carbocycles. The van der Waals surface area contributed by atoms with Gasteiger partial charge in [0.05, 0.1) is 17.9 Å². The second-order valence-corrected chi connectivity index (χ2v) is 11.0. The van der Waals surface area contributed by atoms with Crippen LogP contribution in [0.3, 0.4) is 0 Å². The Morgan fingerprint density at radius 2 is 1.94 bits per heavy atom. The summed E-state index contributed by atoms with van der Waals surface area (Å²) in [5, 5.41) is 6.81. The van der Waals surface area contributed by atoms with Gasteiger partial charge in [-0.05, 0) is 46.8 Å². The van der Waals surface area contributed by atoms with E-state index in [9.17, 15) is 14.2 Å². The molecule has 3 rings (SSSR count). The first-order valence-corrected chi connectivity index (χ1v) is 12.9. The van der Waals surface area contributed by atoms with Crippen LogP contribution in [0.1, 0.15) is 40.2 Å². The smallest absolute Gasteiger partial charge is 0.350 e. The van der Waals surface area contributed by atoms with Crippen LogP contribution in [0.5, 0.6) is 5.75 Å². The summed E-state index contributed by atoms with van der Waals surface area (Å²) < 4.78 is 31.9. The van der Waals surface area contributed by atoms with E-state index in [1.807, 2.05) is 0 Å². The van der Waals surface area contributed by atoms with Crippen LogP contribution in [0.25, 0.3) is 5.65 Å². The molecule has 0 radical (unpaired) electrons. The summed E-state index contributed by atoms with van der Waals surface area (Å²) in [4.78, 5) is 30.9. The Labute approximate surface area is 202 Å². The number of anilines is 1. The lowest BCUT2D eigenvalue weighted by Gasteiger charge is -2.29. The highest BCUT2D eigenvalue weighted by molar-refractivity contribution is 7.57. The third-order valence-electron chi connectivity index (χ3n) is 4.80. The highest BCUT2D eigenvalue weighted by atomic mass is 31.2. The molecule has 0 aliphatic rings. The SMILES string of the molecule is CC(C)OC(=O)[C@H](C)NP(=O)(COC(C)(C)Cc1cnn2c(=O)[nH]c(N)nc12)Oc1ccccc1. The van der Waals surface area contributed by atoms with Crippen LogP contribution in [-0.4, -0.2) is 49.6 Å². The van der Waals surface area contributed by atoms with Gasteiger partial charge < -0.3 is 19.7 Å². The molecule has 2 heterocycles. The number of fused-ring (bicyclic) bond motifs is 1. The van der Waals surface area contributed by atoms with Crippen molar-refractivity contribution in [3.05, 3.63) is 52.6 Å². The van der Waals surface area contributed by atoms with Crippen LogP contribution in [0.15, 0.2) is 41.3 Å². The van der Waals surface area contributed by atoms with Gasteiger partial charge >= 0.3 is 19.2 Å². The number of nitrogens with two attached hydrogens (primary N) is 1. The van der Waals surface area contributed by atoms with Gasteiger partial charge in [0, 0.05) is 12.0 Å². The van der Waals surface area contributed by atoms with Crippen LogP contribution in [0.2, 0.25) is 0 Å². The Kier molecular flexibility index (Phi) is 7.99. The standard InChI is InChI=1S/C22H31N6O6P/c1-14(2)33-19(29)15(3)27-35(31,34-17-9-7-6-8-10-17)13-32-22(4,5)11-16-12-24-28-18(16)25-20(23)26-21(28)30/h6-10,12,14-15H,11,13H2,1-5H3,(H,27,31)(H3,23,25,26,30)/t15-,35?/m0/s1.